The molecule has 30 heavy (non-hydrogen) atoms. The number of aryl methyl sites for hydroxylation is 3. The second-order valence-corrected chi connectivity index (χ2v) is 8.54. The molecule has 4 N–H and O–H groups in total. The average Bonchev–Trinajstić information content (AvgIpc) is 3.05. The summed E-state index contributed by atoms with van der Waals surface area (Å²) in [5.41, 5.74) is 3.60. The molecular weight excluding hydrogens is 398 g/mol. The molecule has 1 fully saturated rings. The number of aromatic amines is 1. The number of carbonyl (C=O) groups is 1. The number of amides is 2. The van der Waals surface area contributed by atoms with Crippen LogP contribution in [0.3, 0.4) is 0 Å². The van der Waals surface area contributed by atoms with E-state index in [9.17, 15) is 4.79 Å². The van der Waals surface area contributed by atoms with Crippen LogP contribution in [0.25, 0.3) is 0 Å². The first-order chi connectivity index (χ1) is 14.4. The minimum absolute atomic E-state index is 0.147. The van der Waals surface area contributed by atoms with Crippen molar-refractivity contribution >= 4 is 35.1 Å². The van der Waals surface area contributed by atoms with Gasteiger partial charge in [0.15, 0.2) is 5.16 Å². The first kappa shape index (κ1) is 20.2. The zero-order chi connectivity index (χ0) is 21.1. The number of rotatable bonds is 6. The number of urea groups is 1. The van der Waals surface area contributed by atoms with Gasteiger partial charge >= 0.3 is 6.03 Å². The molecule has 0 aliphatic heterocycles. The SMILES string of the molecule is Cc1cc(Nc2cc(C)nc(Sc3ccc(NC(=O)NC4CCC4)cc3C)n2)[nH]n1. The van der Waals surface area contributed by atoms with E-state index in [1.165, 1.54) is 18.2 Å². The van der Waals surface area contributed by atoms with Crippen molar-refractivity contribution in [1.82, 2.24) is 25.5 Å². The molecule has 4 rings (SSSR count). The molecule has 0 spiro atoms. The molecule has 0 radical (unpaired) electrons. The quantitative estimate of drug-likeness (QED) is 0.428. The summed E-state index contributed by atoms with van der Waals surface area (Å²) >= 11 is 1.49. The van der Waals surface area contributed by atoms with Crippen LogP contribution < -0.4 is 16.0 Å². The second kappa shape index (κ2) is 8.74. The molecule has 2 amide bonds. The number of nitrogens with zero attached hydrogens (tertiary/aromatic N) is 3. The maximum Gasteiger partial charge on any atom is 0.319 e. The Hall–Kier alpha value is -3.07. The van der Waals surface area contributed by atoms with E-state index >= 15 is 0 Å². The molecular formula is C21H25N7OS. The van der Waals surface area contributed by atoms with E-state index in [1.54, 1.807) is 0 Å². The minimum atomic E-state index is -0.147. The van der Waals surface area contributed by atoms with Crippen molar-refractivity contribution in [2.45, 2.75) is 56.1 Å². The van der Waals surface area contributed by atoms with Gasteiger partial charge < -0.3 is 16.0 Å². The maximum absolute atomic E-state index is 12.1. The highest BCUT2D eigenvalue weighted by Crippen LogP contribution is 2.31. The molecule has 9 heteroatoms. The van der Waals surface area contributed by atoms with Crippen LogP contribution in [-0.2, 0) is 0 Å². The number of H-pyrrole nitrogens is 1. The van der Waals surface area contributed by atoms with E-state index in [0.29, 0.717) is 17.0 Å². The third-order valence-corrected chi connectivity index (χ3v) is 5.92. The summed E-state index contributed by atoms with van der Waals surface area (Å²) in [7, 11) is 0. The Labute approximate surface area is 179 Å². The predicted octanol–water partition coefficient (Wildman–Crippen LogP) is 4.69. The van der Waals surface area contributed by atoms with Gasteiger partial charge in [-0.2, -0.15) is 5.10 Å². The third kappa shape index (κ3) is 5.10. The molecule has 0 atom stereocenters. The smallest absolute Gasteiger partial charge is 0.319 e. The molecule has 1 aliphatic rings. The van der Waals surface area contributed by atoms with Crippen LogP contribution in [-0.4, -0.2) is 32.2 Å². The molecule has 8 nitrogen and oxygen atoms in total. The molecule has 0 saturated heterocycles. The Morgan fingerprint density at radius 3 is 2.60 bits per heavy atom. The fourth-order valence-electron chi connectivity index (χ4n) is 3.12. The predicted molar refractivity (Wildman–Crippen MR) is 118 cm³/mol. The molecule has 0 unspecified atom stereocenters. The van der Waals surface area contributed by atoms with E-state index in [-0.39, 0.29) is 6.03 Å². The summed E-state index contributed by atoms with van der Waals surface area (Å²) < 4.78 is 0. The maximum atomic E-state index is 12.1. The molecule has 3 aromatic rings. The highest BCUT2D eigenvalue weighted by atomic mass is 32.2. The zero-order valence-electron chi connectivity index (χ0n) is 17.2. The van der Waals surface area contributed by atoms with Gasteiger partial charge in [0.25, 0.3) is 0 Å². The fourth-order valence-corrected chi connectivity index (χ4v) is 4.01. The lowest BCUT2D eigenvalue weighted by molar-refractivity contribution is 0.240. The Bertz CT molecular complexity index is 1060. The number of anilines is 3. The molecule has 156 valence electrons. The van der Waals surface area contributed by atoms with Crippen molar-refractivity contribution in [3.8, 4) is 0 Å². The molecule has 0 bridgehead atoms. The van der Waals surface area contributed by atoms with Crippen molar-refractivity contribution in [2.24, 2.45) is 0 Å². The highest BCUT2D eigenvalue weighted by molar-refractivity contribution is 7.99. The molecule has 1 aliphatic carbocycles. The van der Waals surface area contributed by atoms with Gasteiger partial charge in [0, 0.05) is 34.5 Å². The monoisotopic (exact) mass is 423 g/mol. The largest absolute Gasteiger partial charge is 0.335 e. The molecule has 2 heterocycles. The standard InChI is InChI=1S/C21H25N7OS/c1-12-9-16(24-20(29)23-15-5-4-6-15)7-8-17(12)30-21-22-13(2)10-18(26-21)25-19-11-14(3)27-28-19/h7-11,15H,4-6H2,1-3H3,(H2,23,24,29)(H2,22,25,26,27,28). The molecule has 1 aromatic carbocycles. The Morgan fingerprint density at radius 2 is 1.93 bits per heavy atom. The van der Waals surface area contributed by atoms with Crippen molar-refractivity contribution in [3.05, 3.63) is 47.3 Å². The number of hydrogen-bond donors (Lipinski definition) is 4. The Morgan fingerprint density at radius 1 is 1.10 bits per heavy atom. The van der Waals surface area contributed by atoms with Gasteiger partial charge in [0.1, 0.15) is 11.6 Å². The van der Waals surface area contributed by atoms with E-state index in [4.69, 9.17) is 0 Å². The van der Waals surface area contributed by atoms with Crippen LogP contribution in [0.4, 0.5) is 22.1 Å². The van der Waals surface area contributed by atoms with Gasteiger partial charge in [-0.15, -0.1) is 0 Å². The van der Waals surface area contributed by atoms with Crippen molar-refractivity contribution < 1.29 is 4.79 Å². The topological polar surface area (TPSA) is 108 Å². The third-order valence-electron chi connectivity index (χ3n) is 4.88. The zero-order valence-corrected chi connectivity index (χ0v) is 18.1. The van der Waals surface area contributed by atoms with E-state index in [0.717, 1.165) is 46.2 Å². The van der Waals surface area contributed by atoms with Crippen molar-refractivity contribution in [2.75, 3.05) is 10.6 Å². The lowest BCUT2D eigenvalue weighted by Gasteiger charge is -2.26. The van der Waals surface area contributed by atoms with Crippen molar-refractivity contribution in [1.29, 1.82) is 0 Å². The first-order valence-corrected chi connectivity index (χ1v) is 10.8. The number of hydrogen-bond acceptors (Lipinski definition) is 6. The van der Waals surface area contributed by atoms with Gasteiger partial charge in [-0.3, -0.25) is 5.10 Å². The Balaban J connectivity index is 1.43. The van der Waals surface area contributed by atoms with Crippen LogP contribution >= 0.6 is 11.8 Å². The van der Waals surface area contributed by atoms with Crippen LogP contribution in [0.1, 0.15) is 36.2 Å². The van der Waals surface area contributed by atoms with E-state index < -0.39 is 0 Å². The lowest BCUT2D eigenvalue weighted by atomic mass is 9.93. The van der Waals surface area contributed by atoms with Crippen LogP contribution in [0, 0.1) is 20.8 Å². The van der Waals surface area contributed by atoms with Crippen LogP contribution in [0.2, 0.25) is 0 Å². The van der Waals surface area contributed by atoms with Gasteiger partial charge in [-0.05, 0) is 75.6 Å². The summed E-state index contributed by atoms with van der Waals surface area (Å²) in [4.78, 5) is 22.3. The normalized spacial score (nSPS) is 13.6. The summed E-state index contributed by atoms with van der Waals surface area (Å²) in [6, 6.07) is 9.82. The summed E-state index contributed by atoms with van der Waals surface area (Å²) in [6.07, 6.45) is 3.32. The Kier molecular flexibility index (Phi) is 5.89. The van der Waals surface area contributed by atoms with E-state index in [1.807, 2.05) is 51.1 Å². The first-order valence-electron chi connectivity index (χ1n) is 9.95. The summed E-state index contributed by atoms with van der Waals surface area (Å²) in [5, 5.41) is 16.8. The number of nitrogens with one attached hydrogen (secondary N) is 4. The van der Waals surface area contributed by atoms with Gasteiger partial charge in [0.2, 0.25) is 0 Å². The minimum Gasteiger partial charge on any atom is -0.335 e. The summed E-state index contributed by atoms with van der Waals surface area (Å²) in [5.74, 6) is 1.49. The van der Waals surface area contributed by atoms with Gasteiger partial charge in [0.05, 0.1) is 5.69 Å². The molecule has 2 aromatic heterocycles. The van der Waals surface area contributed by atoms with Crippen LogP contribution in [0.5, 0.6) is 0 Å². The number of carbonyl (C=O) groups excluding carboxylic acids is 1. The fraction of sp³-hybridized carbons (Fsp3) is 0.333. The van der Waals surface area contributed by atoms with Gasteiger partial charge in [-0.25, -0.2) is 14.8 Å². The van der Waals surface area contributed by atoms with Crippen molar-refractivity contribution in [3.63, 3.8) is 0 Å². The van der Waals surface area contributed by atoms with Crippen LogP contribution in [0.15, 0.2) is 40.4 Å². The summed E-state index contributed by atoms with van der Waals surface area (Å²) in [6.45, 7) is 5.88. The average molecular weight is 424 g/mol. The number of benzene rings is 1. The second-order valence-electron chi connectivity index (χ2n) is 7.53. The van der Waals surface area contributed by atoms with E-state index in [2.05, 4.69) is 36.1 Å². The van der Waals surface area contributed by atoms with Gasteiger partial charge in [-0.1, -0.05) is 0 Å². The highest BCUT2D eigenvalue weighted by Gasteiger charge is 2.19. The lowest BCUT2D eigenvalue weighted by Crippen LogP contribution is -2.41. The number of aromatic nitrogens is 4. The molecule has 1 saturated carbocycles.